The highest BCUT2D eigenvalue weighted by Crippen LogP contribution is 2.41. The molecule has 0 radical (unpaired) electrons. The summed E-state index contributed by atoms with van der Waals surface area (Å²) in [5.41, 5.74) is -0.123. The molecule has 0 bridgehead atoms. The number of rotatable bonds is 2. The van der Waals surface area contributed by atoms with Gasteiger partial charge in [0.25, 0.3) is 0 Å². The first-order chi connectivity index (χ1) is 6.95. The maximum absolute atomic E-state index is 11.5. The van der Waals surface area contributed by atoms with Crippen LogP contribution in [0.25, 0.3) is 0 Å². The third-order valence-corrected chi connectivity index (χ3v) is 2.68. The third-order valence-electron chi connectivity index (χ3n) is 2.68. The summed E-state index contributed by atoms with van der Waals surface area (Å²) < 4.78 is 5.22. The maximum Gasteiger partial charge on any atom is 0.356 e. The normalized spacial score (nSPS) is 30.9. The van der Waals surface area contributed by atoms with Crippen molar-refractivity contribution in [3.8, 4) is 0 Å². The summed E-state index contributed by atoms with van der Waals surface area (Å²) in [6.07, 6.45) is -1.48. The molecule has 0 spiro atoms. The average molecular weight is 213 g/mol. The molecule has 2 aliphatic rings. The van der Waals surface area contributed by atoms with E-state index >= 15 is 0 Å². The van der Waals surface area contributed by atoms with Gasteiger partial charge < -0.3 is 14.9 Å². The van der Waals surface area contributed by atoms with Gasteiger partial charge in [0.1, 0.15) is 11.7 Å². The van der Waals surface area contributed by atoms with Gasteiger partial charge in [0.15, 0.2) is 11.9 Å². The Morgan fingerprint density at radius 1 is 1.60 bits per heavy atom. The number of carboxylic acids is 1. The second kappa shape index (κ2) is 2.96. The number of nitrogens with zero attached hydrogens (tertiary/aromatic N) is 1. The van der Waals surface area contributed by atoms with Crippen LogP contribution in [0.15, 0.2) is 11.5 Å². The van der Waals surface area contributed by atoms with Gasteiger partial charge >= 0.3 is 5.97 Å². The summed E-state index contributed by atoms with van der Waals surface area (Å²) in [7, 11) is 0. The Morgan fingerprint density at radius 3 is 2.67 bits per heavy atom. The van der Waals surface area contributed by atoms with Crippen LogP contribution in [0.3, 0.4) is 0 Å². The Bertz CT molecular complexity index is 373. The third kappa shape index (κ3) is 1.14. The van der Waals surface area contributed by atoms with E-state index in [-0.39, 0.29) is 11.5 Å². The lowest BCUT2D eigenvalue weighted by Crippen LogP contribution is -2.62. The minimum Gasteiger partial charge on any atom is -0.476 e. The minimum atomic E-state index is -1.19. The van der Waals surface area contributed by atoms with Crippen molar-refractivity contribution < 1.29 is 24.5 Å². The molecule has 3 atom stereocenters. The van der Waals surface area contributed by atoms with Crippen molar-refractivity contribution in [1.29, 1.82) is 0 Å². The van der Waals surface area contributed by atoms with Gasteiger partial charge in [0, 0.05) is 0 Å². The number of carbonyl (C=O) groups is 2. The predicted molar refractivity (Wildman–Crippen MR) is 47.2 cm³/mol. The van der Waals surface area contributed by atoms with Gasteiger partial charge in [0.05, 0.1) is 6.10 Å². The fraction of sp³-hybridized carbons (Fsp3) is 0.556. The van der Waals surface area contributed by atoms with E-state index in [0.717, 1.165) is 4.90 Å². The molecule has 0 saturated carbocycles. The van der Waals surface area contributed by atoms with Crippen LogP contribution in [0, 0.1) is 5.92 Å². The van der Waals surface area contributed by atoms with Crippen molar-refractivity contribution in [2.24, 2.45) is 5.92 Å². The zero-order valence-electron chi connectivity index (χ0n) is 8.30. The number of fused-ring (bicyclic) bond motifs is 1. The molecule has 82 valence electrons. The highest BCUT2D eigenvalue weighted by Gasteiger charge is 2.58. The van der Waals surface area contributed by atoms with Crippen LogP contribution in [0.2, 0.25) is 0 Å². The molecule has 2 N–H and O–H groups in total. The number of β-lactam (4-membered cyclic amide) rings is 1. The van der Waals surface area contributed by atoms with Gasteiger partial charge in [-0.2, -0.15) is 0 Å². The van der Waals surface area contributed by atoms with Crippen molar-refractivity contribution in [1.82, 2.24) is 4.90 Å². The number of hydrogen-bond acceptors (Lipinski definition) is 4. The molecule has 0 aromatic carbocycles. The molecule has 6 nitrogen and oxygen atoms in total. The molecule has 6 heteroatoms. The van der Waals surface area contributed by atoms with Gasteiger partial charge in [-0.15, -0.1) is 0 Å². The lowest BCUT2D eigenvalue weighted by molar-refractivity contribution is -0.181. The van der Waals surface area contributed by atoms with Crippen molar-refractivity contribution in [2.75, 3.05) is 0 Å². The van der Waals surface area contributed by atoms with E-state index in [1.165, 1.54) is 13.8 Å². The summed E-state index contributed by atoms with van der Waals surface area (Å²) in [6.45, 7) is 2.98. The van der Waals surface area contributed by atoms with E-state index in [9.17, 15) is 14.7 Å². The smallest absolute Gasteiger partial charge is 0.356 e. The molecule has 2 heterocycles. The lowest BCUT2D eigenvalue weighted by atomic mass is 9.91. The highest BCUT2D eigenvalue weighted by atomic mass is 16.5. The Kier molecular flexibility index (Phi) is 1.97. The Morgan fingerprint density at radius 2 is 2.20 bits per heavy atom. The van der Waals surface area contributed by atoms with Crippen molar-refractivity contribution in [3.63, 3.8) is 0 Å². The van der Waals surface area contributed by atoms with E-state index in [0.29, 0.717) is 0 Å². The number of aliphatic hydroxyl groups excluding tert-OH is 1. The van der Waals surface area contributed by atoms with Crippen LogP contribution >= 0.6 is 0 Å². The van der Waals surface area contributed by atoms with E-state index in [2.05, 4.69) is 0 Å². The number of amides is 1. The van der Waals surface area contributed by atoms with Gasteiger partial charge in [-0.3, -0.25) is 9.69 Å². The Balaban J connectivity index is 2.27. The summed E-state index contributed by atoms with van der Waals surface area (Å²) in [6, 6.07) is 0. The number of hydrogen-bond donors (Lipinski definition) is 2. The largest absolute Gasteiger partial charge is 0.476 e. The van der Waals surface area contributed by atoms with E-state index in [4.69, 9.17) is 9.84 Å². The molecule has 2 aliphatic heterocycles. The van der Waals surface area contributed by atoms with Gasteiger partial charge in [-0.05, 0) is 13.8 Å². The molecule has 1 amide bonds. The van der Waals surface area contributed by atoms with Crippen LogP contribution < -0.4 is 0 Å². The quantitative estimate of drug-likeness (QED) is 0.604. The summed E-state index contributed by atoms with van der Waals surface area (Å²) >= 11 is 0. The SMILES string of the molecule is CC1=C(C(=O)O)N2C(=O)[C@H]([C@@H](C)O)[C@H]2O1. The van der Waals surface area contributed by atoms with E-state index in [1.807, 2.05) is 0 Å². The van der Waals surface area contributed by atoms with Crippen LogP contribution in [0.5, 0.6) is 0 Å². The zero-order chi connectivity index (χ0) is 11.3. The molecule has 0 unspecified atom stereocenters. The number of aliphatic hydroxyl groups is 1. The standard InChI is InChI=1S/C9H11NO5/c1-3(11)5-7(12)10-6(9(13)14)4(2)15-8(5)10/h3,5,8,11H,1-2H3,(H,13,14)/t3-,5+,8-/m1/s1. The predicted octanol–water partition coefficient (Wildman–Crippen LogP) is -0.502. The molecule has 1 saturated heterocycles. The highest BCUT2D eigenvalue weighted by molar-refractivity contribution is 5.98. The second-order valence-corrected chi connectivity index (χ2v) is 3.69. The van der Waals surface area contributed by atoms with Crippen LogP contribution in [-0.4, -0.2) is 39.3 Å². The van der Waals surface area contributed by atoms with E-state index in [1.54, 1.807) is 0 Å². The van der Waals surface area contributed by atoms with E-state index < -0.39 is 30.1 Å². The summed E-state index contributed by atoms with van der Waals surface area (Å²) in [5.74, 6) is -2.03. The molecular weight excluding hydrogens is 202 g/mol. The summed E-state index contributed by atoms with van der Waals surface area (Å²) in [5, 5.41) is 18.2. The molecular formula is C9H11NO5. The van der Waals surface area contributed by atoms with Crippen LogP contribution in [0.4, 0.5) is 0 Å². The first-order valence-corrected chi connectivity index (χ1v) is 4.57. The number of ether oxygens (including phenoxy) is 1. The fourth-order valence-electron chi connectivity index (χ4n) is 1.95. The number of aliphatic carboxylic acids is 1. The molecule has 0 aromatic rings. The first-order valence-electron chi connectivity index (χ1n) is 4.57. The number of carboxylic acid groups (broad SMARTS) is 1. The van der Waals surface area contributed by atoms with Crippen molar-refractivity contribution in [2.45, 2.75) is 26.2 Å². The van der Waals surface area contributed by atoms with Gasteiger partial charge in [0.2, 0.25) is 5.91 Å². The zero-order valence-corrected chi connectivity index (χ0v) is 8.30. The van der Waals surface area contributed by atoms with Gasteiger partial charge in [-0.1, -0.05) is 0 Å². The first kappa shape index (κ1) is 9.97. The lowest BCUT2D eigenvalue weighted by Gasteiger charge is -2.42. The van der Waals surface area contributed by atoms with Crippen LogP contribution in [-0.2, 0) is 14.3 Å². The number of carbonyl (C=O) groups excluding carboxylic acids is 1. The van der Waals surface area contributed by atoms with Crippen molar-refractivity contribution >= 4 is 11.9 Å². The average Bonchev–Trinajstić information content (AvgIpc) is 2.38. The Hall–Kier alpha value is -1.56. The Labute approximate surface area is 85.7 Å². The fourth-order valence-corrected chi connectivity index (χ4v) is 1.95. The summed E-state index contributed by atoms with van der Waals surface area (Å²) in [4.78, 5) is 23.4. The topological polar surface area (TPSA) is 87.1 Å². The molecule has 15 heavy (non-hydrogen) atoms. The maximum atomic E-state index is 11.5. The molecule has 1 fully saturated rings. The van der Waals surface area contributed by atoms with Crippen LogP contribution in [0.1, 0.15) is 13.8 Å². The van der Waals surface area contributed by atoms with Crippen molar-refractivity contribution in [3.05, 3.63) is 11.5 Å². The second-order valence-electron chi connectivity index (χ2n) is 3.69. The molecule has 2 rings (SSSR count). The minimum absolute atomic E-state index is 0.123. The monoisotopic (exact) mass is 213 g/mol. The molecule has 0 aromatic heterocycles. The number of allylic oxidation sites excluding steroid dienone is 1. The molecule has 0 aliphatic carbocycles. The van der Waals surface area contributed by atoms with Gasteiger partial charge in [-0.25, -0.2) is 4.79 Å².